The summed E-state index contributed by atoms with van der Waals surface area (Å²) in [5.74, 6) is -0.0445. The average molecular weight is 504 g/mol. The van der Waals surface area contributed by atoms with Gasteiger partial charge in [0, 0.05) is 5.56 Å². The lowest BCUT2D eigenvalue weighted by Crippen LogP contribution is -2.29. The zero-order valence-electron chi connectivity index (χ0n) is 21.7. The van der Waals surface area contributed by atoms with Crippen LogP contribution in [-0.2, 0) is 16.1 Å². The molecule has 1 aromatic heterocycles. The molecular formula is C30H33NO6. The zero-order chi connectivity index (χ0) is 26.5. The Labute approximate surface area is 217 Å². The predicted octanol–water partition coefficient (Wildman–Crippen LogP) is 6.10. The number of furan rings is 1. The van der Waals surface area contributed by atoms with Crippen LogP contribution in [0.2, 0.25) is 0 Å². The minimum absolute atomic E-state index is 0.0314. The van der Waals surface area contributed by atoms with Gasteiger partial charge in [-0.15, -0.1) is 0 Å². The zero-order valence-corrected chi connectivity index (χ0v) is 21.7. The van der Waals surface area contributed by atoms with Crippen LogP contribution in [0.15, 0.2) is 64.8 Å². The van der Waals surface area contributed by atoms with E-state index in [1.807, 2.05) is 32.0 Å². The van der Waals surface area contributed by atoms with Crippen molar-refractivity contribution in [2.45, 2.75) is 52.6 Å². The lowest BCUT2D eigenvalue weighted by atomic mass is 9.93. The number of unbranched alkanes of at least 4 members (excludes halogenated alkanes) is 2. The number of methoxy groups -OCH3 is 1. The second-order valence-corrected chi connectivity index (χ2v) is 9.29. The summed E-state index contributed by atoms with van der Waals surface area (Å²) >= 11 is 0. The Bertz CT molecular complexity index is 1310. The summed E-state index contributed by atoms with van der Waals surface area (Å²) in [7, 11) is 1.55. The first-order valence-electron chi connectivity index (χ1n) is 12.5. The minimum Gasteiger partial charge on any atom is -0.507 e. The number of likely N-dealkylation sites (tertiary alicyclic amines) is 1. The van der Waals surface area contributed by atoms with Crippen molar-refractivity contribution in [3.05, 3.63) is 88.4 Å². The van der Waals surface area contributed by atoms with Crippen molar-refractivity contribution in [3.8, 4) is 11.5 Å². The third kappa shape index (κ3) is 5.40. The second kappa shape index (κ2) is 11.4. The molecule has 2 aromatic carbocycles. The molecule has 7 heteroatoms. The number of carbonyl (C=O) groups excluding carboxylic acids is 2. The Balaban J connectivity index is 1.82. The predicted molar refractivity (Wildman–Crippen MR) is 140 cm³/mol. The van der Waals surface area contributed by atoms with Crippen LogP contribution in [0.1, 0.15) is 60.2 Å². The number of aryl methyl sites for hydroxylation is 2. The Hall–Kier alpha value is -4.00. The molecule has 1 saturated heterocycles. The monoisotopic (exact) mass is 503 g/mol. The lowest BCUT2D eigenvalue weighted by Gasteiger charge is -2.25. The fourth-order valence-corrected chi connectivity index (χ4v) is 4.60. The number of hydrogen-bond acceptors (Lipinski definition) is 6. The standard InChI is InChI=1S/C30H33NO6/c1-5-6-7-14-37-24-13-12-21(17-25(24)35-4)27-26(28(32)23-16-19(2)10-11-20(23)3)29(33)30(34)31(27)18-22-9-8-15-36-22/h8-13,15-17,27,32H,5-7,14,18H2,1-4H3. The van der Waals surface area contributed by atoms with Crippen LogP contribution in [-0.4, -0.2) is 35.4 Å². The highest BCUT2D eigenvalue weighted by molar-refractivity contribution is 6.46. The van der Waals surface area contributed by atoms with Crippen molar-refractivity contribution in [2.75, 3.05) is 13.7 Å². The van der Waals surface area contributed by atoms with Gasteiger partial charge in [0.05, 0.1) is 38.1 Å². The summed E-state index contributed by atoms with van der Waals surface area (Å²) in [6.07, 6.45) is 4.61. The van der Waals surface area contributed by atoms with E-state index in [0.717, 1.165) is 30.4 Å². The van der Waals surface area contributed by atoms with Gasteiger partial charge >= 0.3 is 0 Å². The third-order valence-electron chi connectivity index (χ3n) is 6.60. The average Bonchev–Trinajstić information content (AvgIpc) is 3.50. The quantitative estimate of drug-likeness (QED) is 0.156. The maximum Gasteiger partial charge on any atom is 0.296 e. The van der Waals surface area contributed by atoms with Crippen molar-refractivity contribution >= 4 is 17.4 Å². The molecule has 194 valence electrons. The van der Waals surface area contributed by atoms with Crippen LogP contribution in [0.5, 0.6) is 11.5 Å². The van der Waals surface area contributed by atoms with Crippen molar-refractivity contribution in [3.63, 3.8) is 0 Å². The van der Waals surface area contributed by atoms with Gasteiger partial charge in [-0.25, -0.2) is 0 Å². The van der Waals surface area contributed by atoms with Gasteiger partial charge in [-0.2, -0.15) is 0 Å². The highest BCUT2D eigenvalue weighted by Gasteiger charge is 2.46. The number of benzene rings is 2. The van der Waals surface area contributed by atoms with E-state index in [1.54, 1.807) is 37.4 Å². The maximum atomic E-state index is 13.4. The lowest BCUT2D eigenvalue weighted by molar-refractivity contribution is -0.140. The molecule has 4 rings (SSSR count). The summed E-state index contributed by atoms with van der Waals surface area (Å²) in [4.78, 5) is 28.1. The molecule has 0 saturated carbocycles. The summed E-state index contributed by atoms with van der Waals surface area (Å²) in [5, 5.41) is 11.4. The Morgan fingerprint density at radius 1 is 1.05 bits per heavy atom. The van der Waals surface area contributed by atoms with Crippen LogP contribution < -0.4 is 9.47 Å². The van der Waals surface area contributed by atoms with Crippen LogP contribution in [0.4, 0.5) is 0 Å². The first kappa shape index (κ1) is 26.1. The molecule has 1 N–H and O–H groups in total. The van der Waals surface area contributed by atoms with Gasteiger partial charge in [0.1, 0.15) is 11.5 Å². The normalized spacial score (nSPS) is 16.9. The minimum atomic E-state index is -0.840. The van der Waals surface area contributed by atoms with Crippen LogP contribution >= 0.6 is 0 Å². The van der Waals surface area contributed by atoms with Crippen molar-refractivity contribution in [1.82, 2.24) is 4.90 Å². The summed E-state index contributed by atoms with van der Waals surface area (Å²) < 4.78 is 17.0. The number of aliphatic hydroxyl groups is 1. The molecule has 7 nitrogen and oxygen atoms in total. The van der Waals surface area contributed by atoms with Crippen molar-refractivity contribution < 1.29 is 28.6 Å². The number of ether oxygens (including phenoxy) is 2. The van der Waals surface area contributed by atoms with Gasteiger partial charge in [0.25, 0.3) is 11.7 Å². The summed E-state index contributed by atoms with van der Waals surface area (Å²) in [5.41, 5.74) is 2.90. The van der Waals surface area contributed by atoms with Crippen LogP contribution in [0, 0.1) is 13.8 Å². The second-order valence-electron chi connectivity index (χ2n) is 9.29. The first-order valence-corrected chi connectivity index (χ1v) is 12.5. The van der Waals surface area contributed by atoms with E-state index in [1.165, 1.54) is 11.2 Å². The third-order valence-corrected chi connectivity index (χ3v) is 6.60. The van der Waals surface area contributed by atoms with E-state index < -0.39 is 17.7 Å². The first-order chi connectivity index (χ1) is 17.8. The van der Waals surface area contributed by atoms with Gasteiger partial charge in [0.15, 0.2) is 11.5 Å². The molecule has 3 aromatic rings. The smallest absolute Gasteiger partial charge is 0.296 e. The fraction of sp³-hybridized carbons (Fsp3) is 0.333. The molecule has 37 heavy (non-hydrogen) atoms. The molecule has 1 aliphatic heterocycles. The van der Waals surface area contributed by atoms with Crippen molar-refractivity contribution in [2.24, 2.45) is 0 Å². The number of hydrogen-bond donors (Lipinski definition) is 1. The van der Waals surface area contributed by atoms with Gasteiger partial charge in [0.2, 0.25) is 0 Å². The summed E-state index contributed by atoms with van der Waals surface area (Å²) in [6.45, 7) is 6.53. The number of nitrogens with zero attached hydrogens (tertiary/aromatic N) is 1. The number of Topliss-reactive ketones (excluding diaryl/α,β-unsaturated/α-hetero) is 1. The Morgan fingerprint density at radius 3 is 2.57 bits per heavy atom. The Kier molecular flexibility index (Phi) is 8.01. The maximum absolute atomic E-state index is 13.4. The molecule has 0 bridgehead atoms. The highest BCUT2D eigenvalue weighted by atomic mass is 16.5. The van der Waals surface area contributed by atoms with Gasteiger partial charge in [-0.1, -0.05) is 43.5 Å². The van der Waals surface area contributed by atoms with E-state index in [4.69, 9.17) is 13.9 Å². The van der Waals surface area contributed by atoms with Gasteiger partial charge in [-0.05, 0) is 61.7 Å². The molecule has 1 atom stereocenters. The molecule has 2 heterocycles. The topological polar surface area (TPSA) is 89.2 Å². The van der Waals surface area contributed by atoms with E-state index in [0.29, 0.717) is 35.0 Å². The van der Waals surface area contributed by atoms with Crippen LogP contribution in [0.3, 0.4) is 0 Å². The molecule has 0 aliphatic carbocycles. The fourth-order valence-electron chi connectivity index (χ4n) is 4.60. The van der Waals surface area contributed by atoms with E-state index >= 15 is 0 Å². The number of carbonyl (C=O) groups is 2. The molecule has 1 aliphatic rings. The highest BCUT2D eigenvalue weighted by Crippen LogP contribution is 2.43. The molecule has 1 amide bonds. The largest absolute Gasteiger partial charge is 0.507 e. The molecule has 1 fully saturated rings. The van der Waals surface area contributed by atoms with Crippen molar-refractivity contribution in [1.29, 1.82) is 0 Å². The number of aliphatic hydroxyl groups excluding tert-OH is 1. The van der Waals surface area contributed by atoms with Crippen LogP contribution in [0.25, 0.3) is 5.76 Å². The molecule has 0 spiro atoms. The number of rotatable bonds is 10. The Morgan fingerprint density at radius 2 is 1.86 bits per heavy atom. The van der Waals surface area contributed by atoms with Gasteiger partial charge in [-0.3, -0.25) is 9.59 Å². The van der Waals surface area contributed by atoms with E-state index in [9.17, 15) is 14.7 Å². The molecule has 1 unspecified atom stereocenters. The number of amides is 1. The SMILES string of the molecule is CCCCCOc1ccc(C2C(=C(O)c3cc(C)ccc3C)C(=O)C(=O)N2Cc2ccco2)cc1OC. The van der Waals surface area contributed by atoms with Gasteiger partial charge < -0.3 is 23.9 Å². The number of ketones is 1. The van der Waals surface area contributed by atoms with E-state index in [2.05, 4.69) is 6.92 Å². The van der Waals surface area contributed by atoms with E-state index in [-0.39, 0.29) is 17.9 Å². The summed E-state index contributed by atoms with van der Waals surface area (Å²) in [6, 6.07) is 13.6. The molecule has 0 radical (unpaired) electrons. The molecular weight excluding hydrogens is 470 g/mol.